The molecule has 0 saturated carbocycles. The maximum absolute atomic E-state index is 12.2. The number of benzene rings is 1. The van der Waals surface area contributed by atoms with Gasteiger partial charge in [0.25, 0.3) is 0 Å². The van der Waals surface area contributed by atoms with Crippen molar-refractivity contribution in [1.82, 2.24) is 0 Å². The van der Waals surface area contributed by atoms with Crippen LogP contribution < -0.4 is 0 Å². The van der Waals surface area contributed by atoms with E-state index in [-0.39, 0.29) is 11.3 Å². The molecule has 0 saturated heterocycles. The van der Waals surface area contributed by atoms with E-state index in [1.807, 2.05) is 0 Å². The number of sulfone groups is 1. The predicted molar refractivity (Wildman–Crippen MR) is 63.9 cm³/mol. The topological polar surface area (TPSA) is 54.4 Å². The molecule has 0 amide bonds. The lowest BCUT2D eigenvalue weighted by Crippen LogP contribution is -2.31. The van der Waals surface area contributed by atoms with Crippen LogP contribution in [0.3, 0.4) is 0 Å². The van der Waals surface area contributed by atoms with Crippen LogP contribution >= 0.6 is 0 Å². The minimum atomic E-state index is -3.48. The summed E-state index contributed by atoms with van der Waals surface area (Å²) in [4.78, 5) is 0.239. The minimum Gasteiger partial charge on any atom is -0.392 e. The van der Waals surface area contributed by atoms with Gasteiger partial charge in [0.1, 0.15) is 0 Å². The predicted octanol–water partition coefficient (Wildman–Crippen LogP) is 1.79. The maximum atomic E-state index is 12.2. The van der Waals surface area contributed by atoms with Crippen LogP contribution in [0.2, 0.25) is 0 Å². The average molecular weight is 240 g/mol. The lowest BCUT2D eigenvalue weighted by atomic mass is 10.2. The van der Waals surface area contributed by atoms with Crippen molar-refractivity contribution in [2.75, 3.05) is 0 Å². The SMILES string of the molecule is C=CC[C@H]([C@@H](C)O)S(=O)(=O)c1ccccc1. The van der Waals surface area contributed by atoms with Gasteiger partial charge in [-0.15, -0.1) is 6.58 Å². The molecule has 1 rings (SSSR count). The molecule has 0 bridgehead atoms. The molecule has 0 aliphatic carbocycles. The highest BCUT2D eigenvalue weighted by Gasteiger charge is 2.30. The first-order chi connectivity index (χ1) is 7.50. The molecule has 88 valence electrons. The third kappa shape index (κ3) is 2.71. The first kappa shape index (κ1) is 12.9. The van der Waals surface area contributed by atoms with Gasteiger partial charge < -0.3 is 5.11 Å². The van der Waals surface area contributed by atoms with Gasteiger partial charge in [-0.2, -0.15) is 0 Å². The second-order valence-electron chi connectivity index (χ2n) is 3.66. The van der Waals surface area contributed by atoms with Crippen molar-refractivity contribution in [3.8, 4) is 0 Å². The first-order valence-corrected chi connectivity index (χ1v) is 6.62. The molecule has 2 atom stereocenters. The number of hydrogen-bond acceptors (Lipinski definition) is 3. The van der Waals surface area contributed by atoms with E-state index in [0.717, 1.165) is 0 Å². The van der Waals surface area contributed by atoms with Crippen LogP contribution in [0, 0.1) is 0 Å². The molecule has 0 heterocycles. The van der Waals surface area contributed by atoms with Gasteiger partial charge >= 0.3 is 0 Å². The lowest BCUT2D eigenvalue weighted by Gasteiger charge is -2.18. The quantitative estimate of drug-likeness (QED) is 0.798. The monoisotopic (exact) mass is 240 g/mol. The highest BCUT2D eigenvalue weighted by atomic mass is 32.2. The molecule has 1 aromatic carbocycles. The Bertz CT molecular complexity index is 435. The Morgan fingerprint density at radius 2 is 1.94 bits per heavy atom. The van der Waals surface area contributed by atoms with E-state index in [4.69, 9.17) is 0 Å². The van der Waals surface area contributed by atoms with Crippen molar-refractivity contribution < 1.29 is 13.5 Å². The van der Waals surface area contributed by atoms with Gasteiger partial charge in [0.2, 0.25) is 0 Å². The van der Waals surface area contributed by atoms with Crippen LogP contribution in [-0.2, 0) is 9.84 Å². The van der Waals surface area contributed by atoms with Crippen molar-refractivity contribution in [2.24, 2.45) is 0 Å². The lowest BCUT2D eigenvalue weighted by molar-refractivity contribution is 0.188. The molecule has 4 heteroatoms. The van der Waals surface area contributed by atoms with Gasteiger partial charge in [-0.25, -0.2) is 8.42 Å². The fraction of sp³-hybridized carbons (Fsp3) is 0.333. The Morgan fingerprint density at radius 3 is 2.38 bits per heavy atom. The summed E-state index contributed by atoms with van der Waals surface area (Å²) in [6, 6.07) is 8.16. The van der Waals surface area contributed by atoms with E-state index >= 15 is 0 Å². The summed E-state index contributed by atoms with van der Waals surface area (Å²) in [6.45, 7) is 5.00. The Labute approximate surface area is 96.4 Å². The molecular formula is C12H16O3S. The summed E-state index contributed by atoms with van der Waals surface area (Å²) in [7, 11) is -3.48. The second-order valence-corrected chi connectivity index (χ2v) is 5.83. The molecule has 16 heavy (non-hydrogen) atoms. The van der Waals surface area contributed by atoms with Gasteiger partial charge in [-0.3, -0.25) is 0 Å². The standard InChI is InChI=1S/C12H16O3S/c1-3-7-12(10(2)13)16(14,15)11-8-5-4-6-9-11/h3-6,8-10,12-13H,1,7H2,2H3/t10-,12-/m1/s1. The fourth-order valence-corrected chi connectivity index (χ4v) is 3.33. The molecule has 0 aromatic heterocycles. The molecule has 0 fully saturated rings. The number of allylic oxidation sites excluding steroid dienone is 1. The molecule has 0 unspecified atom stereocenters. The molecule has 0 aliphatic heterocycles. The highest BCUT2D eigenvalue weighted by molar-refractivity contribution is 7.92. The van der Waals surface area contributed by atoms with Crippen LogP contribution in [0.1, 0.15) is 13.3 Å². The van der Waals surface area contributed by atoms with Crippen molar-refractivity contribution in [1.29, 1.82) is 0 Å². The van der Waals surface area contributed by atoms with Gasteiger partial charge in [0, 0.05) is 0 Å². The van der Waals surface area contributed by atoms with E-state index in [1.54, 1.807) is 18.2 Å². The third-order valence-corrected chi connectivity index (χ3v) is 4.72. The van der Waals surface area contributed by atoms with Gasteiger partial charge in [-0.1, -0.05) is 24.3 Å². The van der Waals surface area contributed by atoms with Crippen LogP contribution in [0.25, 0.3) is 0 Å². The Kier molecular flexibility index (Phi) is 4.26. The molecule has 0 aliphatic rings. The maximum Gasteiger partial charge on any atom is 0.184 e. The molecule has 1 N–H and O–H groups in total. The first-order valence-electron chi connectivity index (χ1n) is 5.08. The van der Waals surface area contributed by atoms with Gasteiger partial charge in [-0.05, 0) is 25.5 Å². The largest absolute Gasteiger partial charge is 0.392 e. The van der Waals surface area contributed by atoms with E-state index in [1.165, 1.54) is 25.1 Å². The summed E-state index contributed by atoms with van der Waals surface area (Å²) in [5.41, 5.74) is 0. The van der Waals surface area contributed by atoms with Crippen molar-refractivity contribution in [3.05, 3.63) is 43.0 Å². The van der Waals surface area contributed by atoms with Crippen molar-refractivity contribution >= 4 is 9.84 Å². The zero-order chi connectivity index (χ0) is 12.2. The highest BCUT2D eigenvalue weighted by Crippen LogP contribution is 2.20. The van der Waals surface area contributed by atoms with Crippen LogP contribution in [0.5, 0.6) is 0 Å². The molecular weight excluding hydrogens is 224 g/mol. The van der Waals surface area contributed by atoms with E-state index in [0.29, 0.717) is 0 Å². The van der Waals surface area contributed by atoms with Gasteiger partial charge in [0.15, 0.2) is 9.84 Å². The smallest absolute Gasteiger partial charge is 0.184 e. The fourth-order valence-electron chi connectivity index (χ4n) is 1.53. The Morgan fingerprint density at radius 1 is 1.38 bits per heavy atom. The zero-order valence-corrected chi connectivity index (χ0v) is 10.0. The summed E-state index contributed by atoms with van der Waals surface area (Å²) >= 11 is 0. The molecule has 0 radical (unpaired) electrons. The molecule has 3 nitrogen and oxygen atoms in total. The average Bonchev–Trinajstić information content (AvgIpc) is 2.26. The number of aliphatic hydroxyl groups excluding tert-OH is 1. The summed E-state index contributed by atoms with van der Waals surface area (Å²) in [6.07, 6.45) is 0.843. The number of rotatable bonds is 5. The van der Waals surface area contributed by atoms with E-state index in [2.05, 4.69) is 6.58 Å². The second kappa shape index (κ2) is 5.27. The van der Waals surface area contributed by atoms with E-state index in [9.17, 15) is 13.5 Å². The van der Waals surface area contributed by atoms with Gasteiger partial charge in [0.05, 0.1) is 16.2 Å². The third-order valence-electron chi connectivity index (χ3n) is 2.41. The number of aliphatic hydroxyl groups is 1. The van der Waals surface area contributed by atoms with Crippen molar-refractivity contribution in [3.63, 3.8) is 0 Å². The Balaban J connectivity index is 3.13. The van der Waals surface area contributed by atoms with Crippen LogP contribution in [0.4, 0.5) is 0 Å². The normalized spacial score (nSPS) is 15.4. The van der Waals surface area contributed by atoms with Crippen molar-refractivity contribution in [2.45, 2.75) is 29.6 Å². The zero-order valence-electron chi connectivity index (χ0n) is 9.20. The summed E-state index contributed by atoms with van der Waals surface area (Å²) in [5.74, 6) is 0. The summed E-state index contributed by atoms with van der Waals surface area (Å²) in [5, 5.41) is 8.69. The Hall–Kier alpha value is -1.13. The molecule has 0 spiro atoms. The molecule has 1 aromatic rings. The van der Waals surface area contributed by atoms with Crippen LogP contribution in [0.15, 0.2) is 47.9 Å². The number of hydrogen-bond donors (Lipinski definition) is 1. The van der Waals surface area contributed by atoms with Crippen LogP contribution in [-0.4, -0.2) is 24.9 Å². The minimum absolute atomic E-state index is 0.239. The summed E-state index contributed by atoms with van der Waals surface area (Å²) < 4.78 is 24.3. The van der Waals surface area contributed by atoms with E-state index < -0.39 is 21.2 Å².